The molecular formula is C66H123NO5. The first-order valence-electron chi connectivity index (χ1n) is 31.9. The molecule has 0 aliphatic heterocycles. The number of hydrogen-bond acceptors (Lipinski definition) is 5. The molecule has 6 nitrogen and oxygen atoms in total. The van der Waals surface area contributed by atoms with Gasteiger partial charge in [-0.1, -0.05) is 287 Å². The number of nitrogens with one attached hydrogen (secondary N) is 1. The van der Waals surface area contributed by atoms with Crippen LogP contribution in [-0.2, 0) is 14.3 Å². The molecule has 0 fully saturated rings. The van der Waals surface area contributed by atoms with Gasteiger partial charge in [-0.15, -0.1) is 0 Å². The maximum Gasteiger partial charge on any atom is 0.305 e. The maximum atomic E-state index is 12.4. The summed E-state index contributed by atoms with van der Waals surface area (Å²) in [6.07, 6.45) is 78.9. The lowest BCUT2D eigenvalue weighted by Gasteiger charge is -2.20. The minimum Gasteiger partial charge on any atom is -0.466 e. The molecule has 0 rings (SSSR count). The van der Waals surface area contributed by atoms with E-state index in [4.69, 9.17) is 4.74 Å². The quantitative estimate of drug-likeness (QED) is 0.0320. The normalized spacial score (nSPS) is 12.9. The second kappa shape index (κ2) is 61.4. The van der Waals surface area contributed by atoms with Crippen LogP contribution in [0.2, 0.25) is 0 Å². The molecule has 0 radical (unpaired) electrons. The second-order valence-corrected chi connectivity index (χ2v) is 21.7. The summed E-state index contributed by atoms with van der Waals surface area (Å²) in [6, 6.07) is -0.626. The summed E-state index contributed by atoms with van der Waals surface area (Å²) in [4.78, 5) is 24.5. The van der Waals surface area contributed by atoms with Crippen LogP contribution in [-0.4, -0.2) is 47.4 Å². The van der Waals surface area contributed by atoms with Gasteiger partial charge in [0.1, 0.15) is 0 Å². The highest BCUT2D eigenvalue weighted by Crippen LogP contribution is 2.17. The first-order chi connectivity index (χ1) is 35.5. The van der Waals surface area contributed by atoms with Gasteiger partial charge in [0.15, 0.2) is 0 Å². The van der Waals surface area contributed by atoms with E-state index in [2.05, 4.69) is 55.6 Å². The van der Waals surface area contributed by atoms with Gasteiger partial charge < -0.3 is 20.3 Å². The smallest absolute Gasteiger partial charge is 0.305 e. The SMILES string of the molecule is CCCC/C=C\C/C=C\CCCCCCCC(=O)OCCCCCCCCCCCCCC/C=C\CCCCCCCCCCCCCCCCC(=O)NC(CO)C(O)/C=C/CCCCCCCCCCC. The van der Waals surface area contributed by atoms with Crippen LogP contribution in [0.4, 0.5) is 0 Å². The standard InChI is InChI=1S/C66H123NO5/c1-3-5-7-9-11-13-15-16-36-40-44-48-52-56-60-66(71)72-61-57-53-49-45-41-37-34-32-30-28-26-24-22-20-18-17-19-21-23-25-27-29-31-33-35-39-43-47-51-55-59-65(70)67-63(62-68)64(69)58-54-50-46-42-38-14-12-10-8-6-4-2/h9,11,15-16,18,20,54,58,63-64,68-69H,3-8,10,12-14,17,19,21-53,55-57,59-62H2,1-2H3,(H,67,70)/b11-9-,16-15-,20-18-,58-54+. The van der Waals surface area contributed by atoms with Crippen molar-refractivity contribution in [2.24, 2.45) is 0 Å². The zero-order chi connectivity index (χ0) is 52.2. The fourth-order valence-electron chi connectivity index (χ4n) is 9.65. The highest BCUT2D eigenvalue weighted by Gasteiger charge is 2.18. The van der Waals surface area contributed by atoms with Crippen molar-refractivity contribution in [1.29, 1.82) is 0 Å². The van der Waals surface area contributed by atoms with Gasteiger partial charge in [0, 0.05) is 12.8 Å². The van der Waals surface area contributed by atoms with Crippen LogP contribution >= 0.6 is 0 Å². The van der Waals surface area contributed by atoms with Crippen molar-refractivity contribution in [1.82, 2.24) is 5.32 Å². The van der Waals surface area contributed by atoms with Crippen molar-refractivity contribution in [3.8, 4) is 0 Å². The molecule has 0 aromatic carbocycles. The average molecular weight is 1010 g/mol. The third-order valence-electron chi connectivity index (χ3n) is 14.6. The molecule has 0 aliphatic rings. The Morgan fingerprint density at radius 1 is 0.389 bits per heavy atom. The van der Waals surface area contributed by atoms with Gasteiger partial charge >= 0.3 is 5.97 Å². The van der Waals surface area contributed by atoms with Crippen LogP contribution in [0.15, 0.2) is 48.6 Å². The molecule has 0 saturated heterocycles. The summed E-state index contributed by atoms with van der Waals surface area (Å²) in [5, 5.41) is 23.0. The lowest BCUT2D eigenvalue weighted by Crippen LogP contribution is -2.45. The molecule has 6 heteroatoms. The number of hydrogen-bond donors (Lipinski definition) is 3. The van der Waals surface area contributed by atoms with E-state index in [0.717, 1.165) is 51.4 Å². The van der Waals surface area contributed by atoms with Crippen molar-refractivity contribution in [3.63, 3.8) is 0 Å². The topological polar surface area (TPSA) is 95.9 Å². The molecule has 0 heterocycles. The Bertz CT molecular complexity index is 1210. The van der Waals surface area contributed by atoms with Gasteiger partial charge in [-0.2, -0.15) is 0 Å². The fraction of sp³-hybridized carbons (Fsp3) is 0.848. The zero-order valence-electron chi connectivity index (χ0n) is 48.2. The van der Waals surface area contributed by atoms with Crippen LogP contribution in [0.5, 0.6) is 0 Å². The number of carbonyl (C=O) groups is 2. The van der Waals surface area contributed by atoms with E-state index in [1.165, 1.54) is 257 Å². The number of rotatable bonds is 59. The lowest BCUT2D eigenvalue weighted by molar-refractivity contribution is -0.143. The summed E-state index contributed by atoms with van der Waals surface area (Å²) in [7, 11) is 0. The van der Waals surface area contributed by atoms with Crippen LogP contribution in [0.1, 0.15) is 335 Å². The Morgan fingerprint density at radius 2 is 0.708 bits per heavy atom. The zero-order valence-corrected chi connectivity index (χ0v) is 48.2. The summed E-state index contributed by atoms with van der Waals surface area (Å²) in [5.41, 5.74) is 0. The van der Waals surface area contributed by atoms with Crippen molar-refractivity contribution >= 4 is 11.9 Å². The molecule has 0 saturated carbocycles. The minimum atomic E-state index is -0.842. The molecule has 0 spiro atoms. The molecule has 2 unspecified atom stereocenters. The van der Waals surface area contributed by atoms with E-state index in [1.807, 2.05) is 6.08 Å². The van der Waals surface area contributed by atoms with E-state index in [1.54, 1.807) is 6.08 Å². The van der Waals surface area contributed by atoms with E-state index >= 15 is 0 Å². The Morgan fingerprint density at radius 3 is 1.11 bits per heavy atom. The van der Waals surface area contributed by atoms with Crippen molar-refractivity contribution < 1.29 is 24.5 Å². The Balaban J connectivity index is 3.37. The summed E-state index contributed by atoms with van der Waals surface area (Å²) < 4.78 is 5.48. The molecule has 0 aromatic rings. The van der Waals surface area contributed by atoms with Gasteiger partial charge in [-0.05, 0) is 83.5 Å². The first kappa shape index (κ1) is 69.8. The molecule has 0 bridgehead atoms. The number of unbranched alkanes of at least 4 members (excludes halogenated alkanes) is 42. The molecule has 1 amide bonds. The predicted molar refractivity (Wildman–Crippen MR) is 315 cm³/mol. The van der Waals surface area contributed by atoms with Crippen LogP contribution in [0.3, 0.4) is 0 Å². The number of esters is 1. The first-order valence-corrected chi connectivity index (χ1v) is 31.9. The molecule has 2 atom stereocenters. The monoisotopic (exact) mass is 1010 g/mol. The van der Waals surface area contributed by atoms with E-state index in [9.17, 15) is 19.8 Å². The van der Waals surface area contributed by atoms with E-state index < -0.39 is 12.1 Å². The number of aliphatic hydroxyl groups is 2. The van der Waals surface area contributed by atoms with Gasteiger partial charge in [-0.3, -0.25) is 9.59 Å². The molecule has 0 aliphatic carbocycles. The van der Waals surface area contributed by atoms with Gasteiger partial charge in [0.2, 0.25) is 5.91 Å². The number of amides is 1. The Kier molecular flexibility index (Phi) is 59.5. The molecule has 72 heavy (non-hydrogen) atoms. The highest BCUT2D eigenvalue weighted by molar-refractivity contribution is 5.76. The molecule has 3 N–H and O–H groups in total. The number of carbonyl (C=O) groups excluding carboxylic acids is 2. The summed E-state index contributed by atoms with van der Waals surface area (Å²) in [6.45, 7) is 4.85. The van der Waals surface area contributed by atoms with Crippen LogP contribution in [0, 0.1) is 0 Å². The predicted octanol–water partition coefficient (Wildman–Crippen LogP) is 20.1. The van der Waals surface area contributed by atoms with Gasteiger partial charge in [-0.25, -0.2) is 0 Å². The second-order valence-electron chi connectivity index (χ2n) is 21.7. The number of aliphatic hydroxyl groups excluding tert-OH is 2. The Hall–Kier alpha value is -2.18. The fourth-order valence-corrected chi connectivity index (χ4v) is 9.65. The molecular weight excluding hydrogens is 887 g/mol. The number of allylic oxidation sites excluding steroid dienone is 7. The van der Waals surface area contributed by atoms with Crippen molar-refractivity contribution in [2.45, 2.75) is 347 Å². The highest BCUT2D eigenvalue weighted by atomic mass is 16.5. The van der Waals surface area contributed by atoms with Gasteiger partial charge in [0.25, 0.3) is 0 Å². The number of ether oxygens (including phenoxy) is 1. The third-order valence-corrected chi connectivity index (χ3v) is 14.6. The molecule has 0 aromatic heterocycles. The van der Waals surface area contributed by atoms with Crippen molar-refractivity contribution in [2.75, 3.05) is 13.2 Å². The van der Waals surface area contributed by atoms with Crippen LogP contribution in [0.25, 0.3) is 0 Å². The average Bonchev–Trinajstić information content (AvgIpc) is 3.38. The minimum absolute atomic E-state index is 0.00175. The summed E-state index contributed by atoms with van der Waals surface area (Å²) >= 11 is 0. The lowest BCUT2D eigenvalue weighted by atomic mass is 10.0. The van der Waals surface area contributed by atoms with E-state index in [0.29, 0.717) is 19.4 Å². The summed E-state index contributed by atoms with van der Waals surface area (Å²) in [5.74, 6) is -0.0657. The van der Waals surface area contributed by atoms with E-state index in [-0.39, 0.29) is 18.5 Å². The Labute approximate surface area is 448 Å². The van der Waals surface area contributed by atoms with Gasteiger partial charge in [0.05, 0.1) is 25.4 Å². The maximum absolute atomic E-state index is 12.4. The molecule has 422 valence electrons. The largest absolute Gasteiger partial charge is 0.466 e. The van der Waals surface area contributed by atoms with Crippen molar-refractivity contribution in [3.05, 3.63) is 48.6 Å². The van der Waals surface area contributed by atoms with Crippen LogP contribution < -0.4 is 5.32 Å². The third kappa shape index (κ3) is 57.1.